The van der Waals surface area contributed by atoms with E-state index in [1.54, 1.807) is 0 Å². The van der Waals surface area contributed by atoms with Crippen molar-refractivity contribution in [3.8, 4) is 0 Å². The zero-order chi connectivity index (χ0) is 10.7. The Balaban J connectivity index is 1.63. The van der Waals surface area contributed by atoms with Crippen LogP contribution in [0, 0.1) is 35.5 Å². The van der Waals surface area contributed by atoms with E-state index in [2.05, 4.69) is 30.9 Å². The lowest BCUT2D eigenvalue weighted by atomic mass is 9.76. The minimum atomic E-state index is 0.457. The van der Waals surface area contributed by atoms with Crippen LogP contribution in [0.1, 0.15) is 6.42 Å². The third kappa shape index (κ3) is 0.958. The molecule has 4 bridgehead atoms. The molecular formula is C15H18O. The molecule has 1 heteroatoms. The number of hydrogen-bond donors (Lipinski definition) is 0. The van der Waals surface area contributed by atoms with Gasteiger partial charge in [0.1, 0.15) is 0 Å². The van der Waals surface area contributed by atoms with Crippen molar-refractivity contribution >= 4 is 0 Å². The average Bonchev–Trinajstić information content (AvgIpc) is 3.04. The fraction of sp³-hybridized carbons (Fsp3) is 0.600. The summed E-state index contributed by atoms with van der Waals surface area (Å²) >= 11 is 0. The van der Waals surface area contributed by atoms with Crippen molar-refractivity contribution in [2.45, 2.75) is 12.5 Å². The first-order valence-electron chi connectivity index (χ1n) is 6.49. The summed E-state index contributed by atoms with van der Waals surface area (Å²) in [6.45, 7) is 4.46. The molecule has 4 aliphatic carbocycles. The van der Waals surface area contributed by atoms with Crippen LogP contribution in [0.4, 0.5) is 0 Å². The molecule has 0 aromatic heterocycles. The maximum absolute atomic E-state index is 5.99. The Labute approximate surface area is 96.9 Å². The van der Waals surface area contributed by atoms with E-state index < -0.39 is 0 Å². The molecule has 5 unspecified atom stereocenters. The van der Waals surface area contributed by atoms with E-state index in [4.69, 9.17) is 4.74 Å². The first kappa shape index (κ1) is 9.23. The fourth-order valence-corrected chi connectivity index (χ4v) is 4.81. The van der Waals surface area contributed by atoms with Crippen molar-refractivity contribution in [3.63, 3.8) is 0 Å². The molecular weight excluding hydrogens is 196 g/mol. The largest absolute Gasteiger partial charge is 0.373 e. The van der Waals surface area contributed by atoms with Gasteiger partial charge in [-0.1, -0.05) is 30.4 Å². The van der Waals surface area contributed by atoms with Crippen molar-refractivity contribution in [1.29, 1.82) is 0 Å². The maximum atomic E-state index is 5.99. The molecule has 0 aromatic rings. The van der Waals surface area contributed by atoms with Gasteiger partial charge in [0.15, 0.2) is 0 Å². The molecule has 7 atom stereocenters. The van der Waals surface area contributed by atoms with Crippen LogP contribution in [-0.4, -0.2) is 12.7 Å². The molecule has 0 aliphatic heterocycles. The van der Waals surface area contributed by atoms with Crippen LogP contribution >= 0.6 is 0 Å². The summed E-state index contributed by atoms with van der Waals surface area (Å²) < 4.78 is 5.99. The van der Waals surface area contributed by atoms with Gasteiger partial charge < -0.3 is 4.74 Å². The quantitative estimate of drug-likeness (QED) is 0.518. The number of fused-ring (bicyclic) bond motifs is 9. The summed E-state index contributed by atoms with van der Waals surface area (Å²) in [6, 6.07) is 0. The van der Waals surface area contributed by atoms with E-state index in [1.165, 1.54) is 6.42 Å². The lowest BCUT2D eigenvalue weighted by molar-refractivity contribution is 0.0365. The number of ether oxygens (including phenoxy) is 1. The lowest BCUT2D eigenvalue weighted by Gasteiger charge is -2.27. The third-order valence-corrected chi connectivity index (χ3v) is 5.19. The molecule has 2 fully saturated rings. The van der Waals surface area contributed by atoms with Gasteiger partial charge >= 0.3 is 0 Å². The van der Waals surface area contributed by atoms with Gasteiger partial charge in [0.25, 0.3) is 0 Å². The van der Waals surface area contributed by atoms with Gasteiger partial charge in [0.05, 0.1) is 12.7 Å². The van der Waals surface area contributed by atoms with Gasteiger partial charge in [0.2, 0.25) is 0 Å². The Kier molecular flexibility index (Phi) is 1.79. The second-order valence-corrected chi connectivity index (χ2v) is 5.73. The van der Waals surface area contributed by atoms with E-state index >= 15 is 0 Å². The molecule has 16 heavy (non-hydrogen) atoms. The molecule has 0 spiro atoms. The van der Waals surface area contributed by atoms with Gasteiger partial charge in [-0.15, -0.1) is 6.58 Å². The summed E-state index contributed by atoms with van der Waals surface area (Å²) in [7, 11) is 0. The monoisotopic (exact) mass is 214 g/mol. The maximum Gasteiger partial charge on any atom is 0.0710 e. The van der Waals surface area contributed by atoms with E-state index in [0.29, 0.717) is 24.5 Å². The van der Waals surface area contributed by atoms with Gasteiger partial charge in [-0.25, -0.2) is 0 Å². The van der Waals surface area contributed by atoms with Crippen LogP contribution in [-0.2, 0) is 4.74 Å². The van der Waals surface area contributed by atoms with Crippen molar-refractivity contribution in [1.82, 2.24) is 0 Å². The van der Waals surface area contributed by atoms with Crippen molar-refractivity contribution in [2.24, 2.45) is 35.5 Å². The minimum absolute atomic E-state index is 0.457. The van der Waals surface area contributed by atoms with Crippen LogP contribution in [0.2, 0.25) is 0 Å². The molecule has 0 N–H and O–H groups in total. The highest BCUT2D eigenvalue weighted by Crippen LogP contribution is 2.63. The topological polar surface area (TPSA) is 9.23 Å². The molecule has 84 valence electrons. The van der Waals surface area contributed by atoms with Crippen molar-refractivity contribution in [3.05, 3.63) is 37.0 Å². The summed E-state index contributed by atoms with van der Waals surface area (Å²) in [5.41, 5.74) is 0. The van der Waals surface area contributed by atoms with Crippen molar-refractivity contribution < 1.29 is 4.74 Å². The normalized spacial score (nSPS) is 54.9. The Morgan fingerprint density at radius 1 is 1.06 bits per heavy atom. The van der Waals surface area contributed by atoms with E-state index in [1.807, 2.05) is 6.08 Å². The fourth-order valence-electron chi connectivity index (χ4n) is 4.81. The van der Waals surface area contributed by atoms with E-state index in [-0.39, 0.29) is 0 Å². The Morgan fingerprint density at radius 3 is 2.25 bits per heavy atom. The van der Waals surface area contributed by atoms with E-state index in [9.17, 15) is 0 Å². The first-order valence-corrected chi connectivity index (χ1v) is 6.49. The predicted molar refractivity (Wildman–Crippen MR) is 63.8 cm³/mol. The molecule has 2 saturated carbocycles. The van der Waals surface area contributed by atoms with Gasteiger partial charge in [-0.3, -0.25) is 0 Å². The lowest BCUT2D eigenvalue weighted by Crippen LogP contribution is -2.23. The minimum Gasteiger partial charge on any atom is -0.373 e. The summed E-state index contributed by atoms with van der Waals surface area (Å²) in [5, 5.41) is 0. The summed E-state index contributed by atoms with van der Waals surface area (Å²) in [6.07, 6.45) is 13.5. The highest BCUT2D eigenvalue weighted by Gasteiger charge is 2.60. The Bertz CT molecular complexity index is 353. The molecule has 4 aliphatic rings. The van der Waals surface area contributed by atoms with Crippen LogP contribution in [0.15, 0.2) is 37.0 Å². The second-order valence-electron chi connectivity index (χ2n) is 5.73. The Hall–Kier alpha value is -0.820. The molecule has 0 aromatic carbocycles. The van der Waals surface area contributed by atoms with Crippen molar-refractivity contribution in [2.75, 3.05) is 6.61 Å². The van der Waals surface area contributed by atoms with E-state index in [0.717, 1.165) is 23.7 Å². The van der Waals surface area contributed by atoms with Gasteiger partial charge in [0, 0.05) is 11.8 Å². The number of rotatable bonds is 3. The van der Waals surface area contributed by atoms with Crippen LogP contribution in [0.25, 0.3) is 0 Å². The van der Waals surface area contributed by atoms with Gasteiger partial charge in [-0.05, 0) is 30.1 Å². The average molecular weight is 214 g/mol. The summed E-state index contributed by atoms with van der Waals surface area (Å²) in [4.78, 5) is 0. The predicted octanol–water partition coefficient (Wildman–Crippen LogP) is 2.81. The highest BCUT2D eigenvalue weighted by atomic mass is 16.5. The third-order valence-electron chi connectivity index (χ3n) is 5.19. The van der Waals surface area contributed by atoms with Gasteiger partial charge in [-0.2, -0.15) is 0 Å². The molecule has 0 heterocycles. The standard InChI is InChI=1S/C15H18O/c1-2-7-16-15-11-5-6-12(15)14-10-4-3-9(8-10)13(11)14/h2-6,9-15H,1,7-8H2/t9?,10?,11?,12?,13-,14+,15?. The van der Waals surface area contributed by atoms with Crippen LogP contribution in [0.3, 0.4) is 0 Å². The zero-order valence-electron chi connectivity index (χ0n) is 9.46. The highest BCUT2D eigenvalue weighted by molar-refractivity contribution is 5.28. The molecule has 0 radical (unpaired) electrons. The molecule has 1 nitrogen and oxygen atoms in total. The summed E-state index contributed by atoms with van der Waals surface area (Å²) in [5.74, 6) is 4.86. The molecule has 0 saturated heterocycles. The first-order chi connectivity index (χ1) is 7.90. The van der Waals surface area contributed by atoms with Crippen LogP contribution in [0.5, 0.6) is 0 Å². The second kappa shape index (κ2) is 3.10. The number of allylic oxidation sites excluding steroid dienone is 2. The Morgan fingerprint density at radius 2 is 1.69 bits per heavy atom. The molecule has 4 rings (SSSR count). The zero-order valence-corrected chi connectivity index (χ0v) is 9.46. The molecule has 0 amide bonds. The smallest absolute Gasteiger partial charge is 0.0710 e. The van der Waals surface area contributed by atoms with Crippen LogP contribution < -0.4 is 0 Å². The SMILES string of the molecule is C=CCOC1C2C=CC1[C@@H]1C3C=CC(C3)[C@H]21. The number of hydrogen-bond acceptors (Lipinski definition) is 1.